The highest BCUT2D eigenvalue weighted by Crippen LogP contribution is 2.17. The van der Waals surface area contributed by atoms with Gasteiger partial charge >= 0.3 is 0 Å². The Morgan fingerprint density at radius 3 is 2.71 bits per heavy atom. The summed E-state index contributed by atoms with van der Waals surface area (Å²) in [4.78, 5) is 2.38. The molecule has 0 spiro atoms. The van der Waals surface area contributed by atoms with E-state index < -0.39 is 0 Å². The summed E-state index contributed by atoms with van der Waals surface area (Å²) in [6.45, 7) is 4.81. The maximum absolute atomic E-state index is 9.16. The normalized spacial score (nSPS) is 17.4. The molecule has 3 heterocycles. The van der Waals surface area contributed by atoms with Crippen LogP contribution >= 0.6 is 0 Å². The molecule has 1 saturated heterocycles. The summed E-state index contributed by atoms with van der Waals surface area (Å²) in [5, 5.41) is 21.7. The van der Waals surface area contributed by atoms with E-state index in [0.29, 0.717) is 12.5 Å². The molecule has 0 aliphatic carbocycles. The zero-order valence-electron chi connectivity index (χ0n) is 12.2. The van der Waals surface area contributed by atoms with Crippen molar-refractivity contribution in [2.45, 2.75) is 32.5 Å². The molecule has 0 atom stereocenters. The fourth-order valence-electron chi connectivity index (χ4n) is 2.71. The summed E-state index contributed by atoms with van der Waals surface area (Å²) in [7, 11) is 0. The second kappa shape index (κ2) is 6.82. The number of likely N-dealkylation sites (tertiary alicyclic amines) is 1. The number of aryl methyl sites for hydroxylation is 2. The smallest absolute Gasteiger partial charge is 0.0967 e. The SMILES string of the molecule is OCC1CCN(Cc2cn(CCn3cccn3)nn2)CC1. The van der Waals surface area contributed by atoms with E-state index in [0.717, 1.165) is 51.3 Å². The van der Waals surface area contributed by atoms with Gasteiger partial charge in [-0.3, -0.25) is 14.3 Å². The molecule has 0 unspecified atom stereocenters. The predicted octanol–water partition coefficient (Wildman–Crippen LogP) is 0.379. The predicted molar refractivity (Wildman–Crippen MR) is 77.3 cm³/mol. The highest BCUT2D eigenvalue weighted by atomic mass is 16.3. The molecule has 0 radical (unpaired) electrons. The Labute approximate surface area is 124 Å². The Balaban J connectivity index is 1.46. The molecule has 1 aliphatic heterocycles. The van der Waals surface area contributed by atoms with Crippen LogP contribution in [0.3, 0.4) is 0 Å². The molecule has 0 aromatic carbocycles. The van der Waals surface area contributed by atoms with Crippen LogP contribution in [-0.2, 0) is 19.6 Å². The Morgan fingerprint density at radius 1 is 1.19 bits per heavy atom. The first-order valence-electron chi connectivity index (χ1n) is 7.53. The van der Waals surface area contributed by atoms with Crippen LogP contribution in [0.2, 0.25) is 0 Å². The van der Waals surface area contributed by atoms with Crippen molar-refractivity contribution in [3.8, 4) is 0 Å². The lowest BCUT2D eigenvalue weighted by molar-refractivity contribution is 0.126. The van der Waals surface area contributed by atoms with E-state index in [-0.39, 0.29) is 0 Å². The highest BCUT2D eigenvalue weighted by molar-refractivity contribution is 4.93. The van der Waals surface area contributed by atoms with E-state index in [4.69, 9.17) is 5.11 Å². The van der Waals surface area contributed by atoms with Crippen molar-refractivity contribution in [1.29, 1.82) is 0 Å². The number of hydrogen-bond donors (Lipinski definition) is 1. The molecule has 1 fully saturated rings. The third kappa shape index (κ3) is 3.89. The second-order valence-corrected chi connectivity index (χ2v) is 5.64. The third-order valence-electron chi connectivity index (χ3n) is 4.05. The molecular formula is C14H22N6O. The monoisotopic (exact) mass is 290 g/mol. The van der Waals surface area contributed by atoms with E-state index in [1.165, 1.54) is 0 Å². The summed E-state index contributed by atoms with van der Waals surface area (Å²) >= 11 is 0. The first-order chi connectivity index (χ1) is 10.3. The summed E-state index contributed by atoms with van der Waals surface area (Å²) in [5.74, 6) is 0.478. The lowest BCUT2D eigenvalue weighted by atomic mass is 9.98. The minimum atomic E-state index is 0.317. The molecule has 7 heteroatoms. The van der Waals surface area contributed by atoms with Gasteiger partial charge in [0, 0.05) is 31.7 Å². The van der Waals surface area contributed by atoms with Gasteiger partial charge in [0.05, 0.1) is 18.8 Å². The van der Waals surface area contributed by atoms with Crippen molar-refractivity contribution in [1.82, 2.24) is 29.7 Å². The maximum Gasteiger partial charge on any atom is 0.0967 e. The molecule has 1 N–H and O–H groups in total. The van der Waals surface area contributed by atoms with Gasteiger partial charge in [0.1, 0.15) is 0 Å². The van der Waals surface area contributed by atoms with Crippen LogP contribution in [0.15, 0.2) is 24.7 Å². The quantitative estimate of drug-likeness (QED) is 0.832. The van der Waals surface area contributed by atoms with Crippen LogP contribution < -0.4 is 0 Å². The number of aliphatic hydroxyl groups is 1. The number of rotatable bonds is 6. The van der Waals surface area contributed by atoms with Crippen molar-refractivity contribution in [2.24, 2.45) is 5.92 Å². The molecular weight excluding hydrogens is 268 g/mol. The van der Waals surface area contributed by atoms with Crippen LogP contribution in [0.4, 0.5) is 0 Å². The molecule has 3 rings (SSSR count). The van der Waals surface area contributed by atoms with Crippen molar-refractivity contribution in [2.75, 3.05) is 19.7 Å². The number of aromatic nitrogens is 5. The molecule has 2 aromatic rings. The first kappa shape index (κ1) is 14.2. The van der Waals surface area contributed by atoms with Crippen LogP contribution in [-0.4, -0.2) is 54.5 Å². The zero-order chi connectivity index (χ0) is 14.5. The van der Waals surface area contributed by atoms with E-state index in [1.807, 2.05) is 27.8 Å². The van der Waals surface area contributed by atoms with Gasteiger partial charge in [0.25, 0.3) is 0 Å². The second-order valence-electron chi connectivity index (χ2n) is 5.64. The Bertz CT molecular complexity index is 529. The zero-order valence-corrected chi connectivity index (χ0v) is 12.2. The van der Waals surface area contributed by atoms with E-state index in [9.17, 15) is 0 Å². The number of aliphatic hydroxyl groups excluding tert-OH is 1. The van der Waals surface area contributed by atoms with Gasteiger partial charge < -0.3 is 5.11 Å². The third-order valence-corrected chi connectivity index (χ3v) is 4.05. The molecule has 2 aromatic heterocycles. The first-order valence-corrected chi connectivity index (χ1v) is 7.53. The minimum absolute atomic E-state index is 0.317. The average molecular weight is 290 g/mol. The van der Waals surface area contributed by atoms with Gasteiger partial charge in [0.15, 0.2) is 0 Å². The topological polar surface area (TPSA) is 72.0 Å². The van der Waals surface area contributed by atoms with Crippen LogP contribution in [0, 0.1) is 5.92 Å². The van der Waals surface area contributed by atoms with Crippen LogP contribution in [0.5, 0.6) is 0 Å². The fourth-order valence-corrected chi connectivity index (χ4v) is 2.71. The van der Waals surface area contributed by atoms with Crippen molar-refractivity contribution in [3.63, 3.8) is 0 Å². The Morgan fingerprint density at radius 2 is 2.00 bits per heavy atom. The molecule has 0 amide bonds. The van der Waals surface area contributed by atoms with Crippen molar-refractivity contribution < 1.29 is 5.11 Å². The number of piperidine rings is 1. The summed E-state index contributed by atoms with van der Waals surface area (Å²) in [6.07, 6.45) is 7.89. The number of hydrogen-bond acceptors (Lipinski definition) is 5. The van der Waals surface area contributed by atoms with E-state index in [1.54, 1.807) is 6.20 Å². The van der Waals surface area contributed by atoms with Crippen molar-refractivity contribution >= 4 is 0 Å². The Hall–Kier alpha value is -1.73. The van der Waals surface area contributed by atoms with Gasteiger partial charge in [0.2, 0.25) is 0 Å². The van der Waals surface area contributed by atoms with Gasteiger partial charge in [-0.05, 0) is 37.9 Å². The maximum atomic E-state index is 9.16. The molecule has 114 valence electrons. The largest absolute Gasteiger partial charge is 0.396 e. The standard InChI is InChI=1S/C14H22N6O/c21-12-13-2-6-18(7-3-13)10-14-11-20(17-16-14)9-8-19-5-1-4-15-19/h1,4-5,11,13,21H,2-3,6-10,12H2. The van der Waals surface area contributed by atoms with Gasteiger partial charge in [-0.1, -0.05) is 5.21 Å². The van der Waals surface area contributed by atoms with Crippen LogP contribution in [0.25, 0.3) is 0 Å². The minimum Gasteiger partial charge on any atom is -0.396 e. The molecule has 0 saturated carbocycles. The number of nitrogens with zero attached hydrogens (tertiary/aromatic N) is 6. The summed E-state index contributed by atoms with van der Waals surface area (Å²) in [6, 6.07) is 1.92. The van der Waals surface area contributed by atoms with Gasteiger partial charge in [-0.15, -0.1) is 5.10 Å². The lowest BCUT2D eigenvalue weighted by Gasteiger charge is -2.30. The Kier molecular flexibility index (Phi) is 4.62. The molecule has 1 aliphatic rings. The van der Waals surface area contributed by atoms with E-state index in [2.05, 4.69) is 20.3 Å². The molecule has 0 bridgehead atoms. The molecule has 21 heavy (non-hydrogen) atoms. The fraction of sp³-hybridized carbons (Fsp3) is 0.643. The lowest BCUT2D eigenvalue weighted by Crippen LogP contribution is -2.34. The van der Waals surface area contributed by atoms with Crippen LogP contribution in [0.1, 0.15) is 18.5 Å². The van der Waals surface area contributed by atoms with Gasteiger partial charge in [-0.25, -0.2) is 0 Å². The van der Waals surface area contributed by atoms with E-state index >= 15 is 0 Å². The highest BCUT2D eigenvalue weighted by Gasteiger charge is 2.19. The molecule has 7 nitrogen and oxygen atoms in total. The average Bonchev–Trinajstić information content (AvgIpc) is 3.17. The van der Waals surface area contributed by atoms with Gasteiger partial charge in [-0.2, -0.15) is 5.10 Å². The van der Waals surface area contributed by atoms with Crippen molar-refractivity contribution in [3.05, 3.63) is 30.4 Å². The summed E-state index contributed by atoms with van der Waals surface area (Å²) in [5.41, 5.74) is 1.01. The summed E-state index contributed by atoms with van der Waals surface area (Å²) < 4.78 is 3.76.